The van der Waals surface area contributed by atoms with Crippen molar-refractivity contribution >= 4 is 23.5 Å². The fourth-order valence-corrected chi connectivity index (χ4v) is 3.32. The van der Waals surface area contributed by atoms with Gasteiger partial charge >= 0.3 is 0 Å². The van der Waals surface area contributed by atoms with E-state index in [0.717, 1.165) is 16.6 Å². The van der Waals surface area contributed by atoms with Gasteiger partial charge in [0.1, 0.15) is 6.33 Å². The number of para-hydroxylation sites is 1. The molecule has 0 amide bonds. The molecule has 0 bridgehead atoms. The molecule has 0 saturated heterocycles. The maximum Gasteiger partial charge on any atom is 0.196 e. The van der Waals surface area contributed by atoms with Crippen molar-refractivity contribution in [2.75, 3.05) is 11.5 Å². The van der Waals surface area contributed by atoms with Gasteiger partial charge in [0.25, 0.3) is 0 Å². The van der Waals surface area contributed by atoms with Crippen molar-refractivity contribution in [3.05, 3.63) is 67.0 Å². The van der Waals surface area contributed by atoms with Crippen LogP contribution >= 0.6 is 23.5 Å². The zero-order valence-electron chi connectivity index (χ0n) is 12.4. The zero-order valence-corrected chi connectivity index (χ0v) is 14.1. The molecule has 0 unspecified atom stereocenters. The number of rotatable bonds is 5. The standard InChI is InChI=1S/C18H15N3S2/c1-3-9-16(10-4-1)21-15-19-20-18(21)23-14-8-7-13-22-17-11-5-2-6-12-17/h1-6,9-12,15H,13-14H2. The SMILES string of the molecule is C(#CCSc1nncn1-c1ccccc1)CSc1ccccc1. The van der Waals surface area contributed by atoms with Gasteiger partial charge < -0.3 is 0 Å². The van der Waals surface area contributed by atoms with E-state index in [0.29, 0.717) is 5.75 Å². The van der Waals surface area contributed by atoms with Crippen LogP contribution in [0.1, 0.15) is 0 Å². The van der Waals surface area contributed by atoms with Crippen LogP contribution in [0, 0.1) is 11.8 Å². The summed E-state index contributed by atoms with van der Waals surface area (Å²) in [6.45, 7) is 0. The van der Waals surface area contributed by atoms with Crippen LogP contribution in [0.15, 0.2) is 77.0 Å². The van der Waals surface area contributed by atoms with E-state index in [1.807, 2.05) is 53.1 Å². The van der Waals surface area contributed by atoms with Gasteiger partial charge in [-0.1, -0.05) is 60.0 Å². The Bertz CT molecular complexity index is 789. The molecule has 3 rings (SSSR count). The minimum Gasteiger partial charge on any atom is -0.277 e. The third-order valence-corrected chi connectivity index (χ3v) is 4.72. The molecule has 0 aliphatic rings. The second kappa shape index (κ2) is 8.47. The Labute approximate surface area is 144 Å². The fraction of sp³-hybridized carbons (Fsp3) is 0.111. The lowest BCUT2D eigenvalue weighted by Crippen LogP contribution is -1.94. The number of hydrogen-bond acceptors (Lipinski definition) is 4. The quantitative estimate of drug-likeness (QED) is 0.517. The summed E-state index contributed by atoms with van der Waals surface area (Å²) in [4.78, 5) is 1.25. The first kappa shape index (κ1) is 15.7. The molecule has 5 heteroatoms. The molecule has 114 valence electrons. The molecule has 0 aliphatic carbocycles. The first-order valence-electron chi connectivity index (χ1n) is 7.15. The summed E-state index contributed by atoms with van der Waals surface area (Å²) in [7, 11) is 0. The predicted octanol–water partition coefficient (Wildman–Crippen LogP) is 4.16. The van der Waals surface area contributed by atoms with Crippen LogP contribution in [-0.4, -0.2) is 26.3 Å². The van der Waals surface area contributed by atoms with E-state index >= 15 is 0 Å². The van der Waals surface area contributed by atoms with E-state index in [9.17, 15) is 0 Å². The van der Waals surface area contributed by atoms with Crippen LogP contribution in [0.25, 0.3) is 5.69 Å². The largest absolute Gasteiger partial charge is 0.277 e. The number of thioether (sulfide) groups is 2. The van der Waals surface area contributed by atoms with E-state index < -0.39 is 0 Å². The van der Waals surface area contributed by atoms with Crippen molar-refractivity contribution in [1.82, 2.24) is 14.8 Å². The Morgan fingerprint density at radius 3 is 2.22 bits per heavy atom. The van der Waals surface area contributed by atoms with E-state index in [1.54, 1.807) is 29.9 Å². The summed E-state index contributed by atoms with van der Waals surface area (Å²) in [6, 6.07) is 20.4. The maximum absolute atomic E-state index is 4.16. The molecule has 0 fully saturated rings. The van der Waals surface area contributed by atoms with Crippen molar-refractivity contribution in [1.29, 1.82) is 0 Å². The highest BCUT2D eigenvalue weighted by molar-refractivity contribution is 7.99. The van der Waals surface area contributed by atoms with Crippen molar-refractivity contribution < 1.29 is 0 Å². The first-order valence-corrected chi connectivity index (χ1v) is 9.12. The van der Waals surface area contributed by atoms with Crippen LogP contribution in [0.3, 0.4) is 0 Å². The van der Waals surface area contributed by atoms with Gasteiger partial charge in [-0.15, -0.1) is 22.0 Å². The van der Waals surface area contributed by atoms with Gasteiger partial charge in [-0.05, 0) is 24.3 Å². The van der Waals surface area contributed by atoms with Crippen molar-refractivity contribution in [3.8, 4) is 17.5 Å². The van der Waals surface area contributed by atoms with E-state index in [-0.39, 0.29) is 0 Å². The van der Waals surface area contributed by atoms with Crippen LogP contribution in [-0.2, 0) is 0 Å². The minimum atomic E-state index is 0.709. The first-order chi connectivity index (χ1) is 11.4. The fourth-order valence-electron chi connectivity index (χ4n) is 1.93. The van der Waals surface area contributed by atoms with Gasteiger partial charge in [-0.25, -0.2) is 0 Å². The summed E-state index contributed by atoms with van der Waals surface area (Å²) in [5, 5.41) is 9.02. The van der Waals surface area contributed by atoms with E-state index in [4.69, 9.17) is 0 Å². The number of benzene rings is 2. The van der Waals surface area contributed by atoms with Crippen molar-refractivity contribution in [2.45, 2.75) is 10.1 Å². The second-order valence-electron chi connectivity index (χ2n) is 4.56. The number of nitrogens with zero attached hydrogens (tertiary/aromatic N) is 3. The number of hydrogen-bond donors (Lipinski definition) is 0. The molecule has 1 aromatic heterocycles. The smallest absolute Gasteiger partial charge is 0.196 e. The highest BCUT2D eigenvalue weighted by atomic mass is 32.2. The summed E-state index contributed by atoms with van der Waals surface area (Å²) in [6.07, 6.45) is 1.73. The summed E-state index contributed by atoms with van der Waals surface area (Å²) in [5.74, 6) is 7.88. The molecule has 0 saturated carbocycles. The van der Waals surface area contributed by atoms with Gasteiger partial charge in [0.05, 0.1) is 11.5 Å². The Hall–Kier alpha value is -2.16. The summed E-state index contributed by atoms with van der Waals surface area (Å²) < 4.78 is 1.98. The minimum absolute atomic E-state index is 0.709. The molecule has 0 aliphatic heterocycles. The number of aromatic nitrogens is 3. The average Bonchev–Trinajstić information content (AvgIpc) is 3.08. The lowest BCUT2D eigenvalue weighted by Gasteiger charge is -2.03. The van der Waals surface area contributed by atoms with E-state index in [2.05, 4.69) is 34.2 Å². The predicted molar refractivity (Wildman–Crippen MR) is 97.0 cm³/mol. The van der Waals surface area contributed by atoms with Crippen molar-refractivity contribution in [3.63, 3.8) is 0 Å². The lowest BCUT2D eigenvalue weighted by atomic mass is 10.3. The molecule has 0 N–H and O–H groups in total. The Morgan fingerprint density at radius 1 is 0.826 bits per heavy atom. The molecule has 2 aromatic carbocycles. The van der Waals surface area contributed by atoms with Crippen LogP contribution < -0.4 is 0 Å². The Kier molecular flexibility index (Phi) is 5.79. The van der Waals surface area contributed by atoms with Crippen molar-refractivity contribution in [2.24, 2.45) is 0 Å². The molecule has 3 aromatic rings. The zero-order chi connectivity index (χ0) is 15.7. The summed E-state index contributed by atoms with van der Waals surface area (Å²) in [5.41, 5.74) is 1.06. The topological polar surface area (TPSA) is 30.7 Å². The molecule has 0 atom stereocenters. The third kappa shape index (κ3) is 4.65. The molecule has 0 radical (unpaired) electrons. The Balaban J connectivity index is 1.51. The monoisotopic (exact) mass is 337 g/mol. The maximum atomic E-state index is 4.16. The van der Waals surface area contributed by atoms with Crippen LogP contribution in [0.2, 0.25) is 0 Å². The van der Waals surface area contributed by atoms with Gasteiger partial charge in [-0.3, -0.25) is 4.57 Å². The van der Waals surface area contributed by atoms with E-state index in [1.165, 1.54) is 4.90 Å². The molecular weight excluding hydrogens is 322 g/mol. The molecule has 0 spiro atoms. The van der Waals surface area contributed by atoms with Gasteiger partial charge in [0.2, 0.25) is 0 Å². The molecular formula is C18H15N3S2. The third-order valence-electron chi connectivity index (χ3n) is 3.00. The van der Waals surface area contributed by atoms with Gasteiger partial charge in [-0.2, -0.15) is 0 Å². The second-order valence-corrected chi connectivity index (χ2v) is 6.55. The molecule has 1 heterocycles. The molecule has 3 nitrogen and oxygen atoms in total. The van der Waals surface area contributed by atoms with Crippen LogP contribution in [0.5, 0.6) is 0 Å². The molecule has 23 heavy (non-hydrogen) atoms. The lowest BCUT2D eigenvalue weighted by molar-refractivity contribution is 0.886. The summed E-state index contributed by atoms with van der Waals surface area (Å²) >= 11 is 3.35. The Morgan fingerprint density at radius 2 is 1.48 bits per heavy atom. The van der Waals surface area contributed by atoms with Gasteiger partial charge in [0.15, 0.2) is 5.16 Å². The van der Waals surface area contributed by atoms with Crippen LogP contribution in [0.4, 0.5) is 0 Å². The normalized spacial score (nSPS) is 10.1. The highest BCUT2D eigenvalue weighted by Gasteiger charge is 2.05. The highest BCUT2D eigenvalue weighted by Crippen LogP contribution is 2.19. The average molecular weight is 337 g/mol. The van der Waals surface area contributed by atoms with Gasteiger partial charge in [0, 0.05) is 10.6 Å².